The van der Waals surface area contributed by atoms with Crippen molar-refractivity contribution in [3.05, 3.63) is 17.5 Å². The summed E-state index contributed by atoms with van der Waals surface area (Å²) in [7, 11) is 3.96. The Labute approximate surface area is 102 Å². The number of likely N-dealkylation sites (N-methyl/N-ethyl adjacent to an activating group) is 1. The van der Waals surface area contributed by atoms with Gasteiger partial charge >= 0.3 is 0 Å². The molecule has 1 aliphatic rings. The van der Waals surface area contributed by atoms with Gasteiger partial charge in [-0.25, -0.2) is 0 Å². The molecule has 0 aromatic carbocycles. The molecule has 0 amide bonds. The molecule has 0 radical (unpaired) electrons. The number of hydrogen-bond acceptors (Lipinski definition) is 4. The second-order valence-electron chi connectivity index (χ2n) is 4.50. The van der Waals surface area contributed by atoms with Crippen molar-refractivity contribution < 1.29 is 9.47 Å². The van der Waals surface area contributed by atoms with Gasteiger partial charge in [0.25, 0.3) is 0 Å². The van der Waals surface area contributed by atoms with Crippen molar-refractivity contribution in [3.63, 3.8) is 0 Å². The quantitative estimate of drug-likeness (QED) is 0.818. The Morgan fingerprint density at radius 2 is 2.24 bits per heavy atom. The molecule has 17 heavy (non-hydrogen) atoms. The van der Waals surface area contributed by atoms with Crippen LogP contribution in [0.3, 0.4) is 0 Å². The van der Waals surface area contributed by atoms with Crippen LogP contribution in [0.5, 0.6) is 0 Å². The number of nitrogens with zero attached hydrogens (tertiary/aromatic N) is 2. The third-order valence-electron chi connectivity index (χ3n) is 3.13. The highest BCUT2D eigenvalue weighted by Crippen LogP contribution is 2.14. The van der Waals surface area contributed by atoms with E-state index in [4.69, 9.17) is 9.47 Å². The molecule has 1 saturated heterocycles. The van der Waals surface area contributed by atoms with Gasteiger partial charge in [-0.15, -0.1) is 0 Å². The zero-order valence-corrected chi connectivity index (χ0v) is 10.8. The van der Waals surface area contributed by atoms with Gasteiger partial charge in [-0.1, -0.05) is 0 Å². The largest absolute Gasteiger partial charge is 0.350 e. The minimum absolute atomic E-state index is 0.0539. The van der Waals surface area contributed by atoms with Crippen LogP contribution < -0.4 is 5.32 Å². The molecular weight excluding hydrogens is 218 g/mol. The van der Waals surface area contributed by atoms with Crippen molar-refractivity contribution in [2.24, 2.45) is 7.05 Å². The van der Waals surface area contributed by atoms with Crippen molar-refractivity contribution >= 4 is 0 Å². The summed E-state index contributed by atoms with van der Waals surface area (Å²) in [4.78, 5) is 0. The molecular formula is C12H21N3O2. The van der Waals surface area contributed by atoms with Crippen molar-refractivity contribution in [1.82, 2.24) is 15.1 Å². The lowest BCUT2D eigenvalue weighted by Gasteiger charge is -2.19. The summed E-state index contributed by atoms with van der Waals surface area (Å²) in [6.45, 7) is 3.44. The number of nitrogens with one attached hydrogen (secondary N) is 1. The molecule has 1 aromatic rings. The first-order valence-electron chi connectivity index (χ1n) is 6.09. The number of rotatable bonds is 5. The van der Waals surface area contributed by atoms with E-state index in [0.29, 0.717) is 19.3 Å². The lowest BCUT2D eigenvalue weighted by molar-refractivity contribution is -0.0523. The molecule has 1 atom stereocenters. The molecule has 2 rings (SSSR count). The van der Waals surface area contributed by atoms with Gasteiger partial charge in [0.05, 0.1) is 18.9 Å². The maximum absolute atomic E-state index is 5.47. The van der Waals surface area contributed by atoms with Crippen LogP contribution in [0, 0.1) is 6.92 Å². The zero-order chi connectivity index (χ0) is 12.3. The molecule has 1 fully saturated rings. The molecule has 5 nitrogen and oxygen atoms in total. The molecule has 0 bridgehead atoms. The summed E-state index contributed by atoms with van der Waals surface area (Å²) in [6.07, 6.45) is 1.76. The van der Waals surface area contributed by atoms with Crippen LogP contribution in [0.4, 0.5) is 0 Å². The molecule has 0 spiro atoms. The van der Waals surface area contributed by atoms with E-state index >= 15 is 0 Å². The van der Waals surface area contributed by atoms with Crippen LogP contribution in [0.1, 0.15) is 17.8 Å². The first-order chi connectivity index (χ1) is 8.19. The van der Waals surface area contributed by atoms with Crippen LogP contribution in [0.2, 0.25) is 0 Å². The Kier molecular flexibility index (Phi) is 4.15. The van der Waals surface area contributed by atoms with Gasteiger partial charge in [-0.05, 0) is 20.0 Å². The van der Waals surface area contributed by atoms with Gasteiger partial charge in [0.1, 0.15) is 0 Å². The minimum atomic E-state index is -0.0539. The monoisotopic (exact) mass is 239 g/mol. The Morgan fingerprint density at radius 1 is 1.53 bits per heavy atom. The zero-order valence-electron chi connectivity index (χ0n) is 10.8. The van der Waals surface area contributed by atoms with Crippen LogP contribution in [-0.4, -0.2) is 42.4 Å². The summed E-state index contributed by atoms with van der Waals surface area (Å²) in [5, 5.41) is 7.67. The van der Waals surface area contributed by atoms with Gasteiger partial charge < -0.3 is 14.8 Å². The molecule has 0 aliphatic carbocycles. The summed E-state index contributed by atoms with van der Waals surface area (Å²) in [6, 6.07) is 2.48. The van der Waals surface area contributed by atoms with E-state index in [1.54, 1.807) is 0 Å². The van der Waals surface area contributed by atoms with Crippen LogP contribution in [0.15, 0.2) is 6.07 Å². The smallest absolute Gasteiger partial charge is 0.159 e. The van der Waals surface area contributed by atoms with E-state index < -0.39 is 0 Å². The van der Waals surface area contributed by atoms with E-state index in [0.717, 1.165) is 18.5 Å². The fourth-order valence-corrected chi connectivity index (χ4v) is 2.19. The first kappa shape index (κ1) is 12.5. The van der Waals surface area contributed by atoms with Crippen LogP contribution >= 0.6 is 0 Å². The van der Waals surface area contributed by atoms with E-state index in [2.05, 4.69) is 16.5 Å². The Morgan fingerprint density at radius 3 is 2.76 bits per heavy atom. The maximum atomic E-state index is 5.47. The number of hydrogen-bond donors (Lipinski definition) is 1. The Bertz CT molecular complexity index is 359. The predicted octanol–water partition coefficient (Wildman–Crippen LogP) is 0.622. The average molecular weight is 239 g/mol. The van der Waals surface area contributed by atoms with E-state index in [1.807, 2.05) is 25.7 Å². The lowest BCUT2D eigenvalue weighted by atomic mass is 10.1. The molecule has 5 heteroatoms. The molecule has 1 N–H and O–H groups in total. The Hall–Kier alpha value is -0.910. The van der Waals surface area contributed by atoms with Crippen molar-refractivity contribution in [3.8, 4) is 0 Å². The second kappa shape index (κ2) is 5.62. The minimum Gasteiger partial charge on any atom is -0.350 e. The molecule has 1 aliphatic heterocycles. The Balaban J connectivity index is 1.92. The topological polar surface area (TPSA) is 48.3 Å². The van der Waals surface area contributed by atoms with Gasteiger partial charge in [0.15, 0.2) is 6.29 Å². The summed E-state index contributed by atoms with van der Waals surface area (Å²) in [5.74, 6) is 0. The normalized spacial score (nSPS) is 18.8. The van der Waals surface area contributed by atoms with E-state index in [1.165, 1.54) is 5.69 Å². The van der Waals surface area contributed by atoms with Gasteiger partial charge in [-0.3, -0.25) is 4.68 Å². The fourth-order valence-electron chi connectivity index (χ4n) is 2.19. The first-order valence-corrected chi connectivity index (χ1v) is 6.09. The predicted molar refractivity (Wildman–Crippen MR) is 64.8 cm³/mol. The van der Waals surface area contributed by atoms with Crippen LogP contribution in [0.25, 0.3) is 0 Å². The highest BCUT2D eigenvalue weighted by molar-refractivity contribution is 5.10. The standard InChI is InChI=1S/C12H21N3O2/c1-9-6-11(15(3)14-9)7-10(13-2)8-12-16-4-5-17-12/h6,10,12-13H,4-5,7-8H2,1-3H3. The lowest BCUT2D eigenvalue weighted by Crippen LogP contribution is -2.32. The average Bonchev–Trinajstić information content (AvgIpc) is 2.88. The van der Waals surface area contributed by atoms with E-state index in [-0.39, 0.29) is 6.29 Å². The molecule has 0 saturated carbocycles. The number of aromatic nitrogens is 2. The second-order valence-corrected chi connectivity index (χ2v) is 4.50. The molecule has 1 aromatic heterocycles. The van der Waals surface area contributed by atoms with Gasteiger partial charge in [-0.2, -0.15) is 5.10 Å². The number of aryl methyl sites for hydroxylation is 2. The fraction of sp³-hybridized carbons (Fsp3) is 0.750. The highest BCUT2D eigenvalue weighted by atomic mass is 16.7. The number of ether oxygens (including phenoxy) is 2. The summed E-state index contributed by atoms with van der Waals surface area (Å²) < 4.78 is 12.9. The summed E-state index contributed by atoms with van der Waals surface area (Å²) >= 11 is 0. The third-order valence-corrected chi connectivity index (χ3v) is 3.13. The van der Waals surface area contributed by atoms with Gasteiger partial charge in [0.2, 0.25) is 0 Å². The van der Waals surface area contributed by atoms with Crippen molar-refractivity contribution in [2.75, 3.05) is 20.3 Å². The van der Waals surface area contributed by atoms with Crippen molar-refractivity contribution in [2.45, 2.75) is 32.1 Å². The highest BCUT2D eigenvalue weighted by Gasteiger charge is 2.21. The van der Waals surface area contributed by atoms with E-state index in [9.17, 15) is 0 Å². The SMILES string of the molecule is CNC(Cc1cc(C)nn1C)CC1OCCO1. The maximum Gasteiger partial charge on any atom is 0.159 e. The third kappa shape index (κ3) is 3.28. The molecule has 1 unspecified atom stereocenters. The van der Waals surface area contributed by atoms with Crippen LogP contribution in [-0.2, 0) is 22.9 Å². The molecule has 96 valence electrons. The molecule has 2 heterocycles. The van der Waals surface area contributed by atoms with Crippen molar-refractivity contribution in [1.29, 1.82) is 0 Å². The summed E-state index contributed by atoms with van der Waals surface area (Å²) in [5.41, 5.74) is 2.30. The van der Waals surface area contributed by atoms with Gasteiger partial charge in [0, 0.05) is 31.6 Å².